The Morgan fingerprint density at radius 1 is 1.17 bits per heavy atom. The molecule has 3 rings (SSSR count). The average molecular weight is 261 g/mol. The van der Waals surface area contributed by atoms with E-state index in [0.29, 0.717) is 17.9 Å². The van der Waals surface area contributed by atoms with E-state index in [9.17, 15) is 4.79 Å². The summed E-state index contributed by atoms with van der Waals surface area (Å²) in [7, 11) is 1.98. The van der Waals surface area contributed by atoms with E-state index in [1.54, 1.807) is 11.8 Å². The van der Waals surface area contributed by atoms with Gasteiger partial charge in [0.25, 0.3) is 0 Å². The molecule has 0 bridgehead atoms. The van der Waals surface area contributed by atoms with Gasteiger partial charge in [-0.15, -0.1) is 11.8 Å². The second-order valence-electron chi connectivity index (χ2n) is 5.32. The summed E-state index contributed by atoms with van der Waals surface area (Å²) >= 11 is 1.76. The first-order valence-electron chi connectivity index (χ1n) is 6.76. The van der Waals surface area contributed by atoms with Crippen molar-refractivity contribution < 1.29 is 4.79 Å². The lowest BCUT2D eigenvalue weighted by molar-refractivity contribution is -0.127. The topological polar surface area (TPSA) is 20.3 Å². The number of likely N-dealkylation sites (tertiary alicyclic amines) is 1. The van der Waals surface area contributed by atoms with Gasteiger partial charge in [0.2, 0.25) is 5.91 Å². The molecule has 1 aliphatic heterocycles. The smallest absolute Gasteiger partial charge is 0.236 e. The normalized spacial score (nSPS) is 31.5. The highest BCUT2D eigenvalue weighted by atomic mass is 32.2. The highest BCUT2D eigenvalue weighted by Crippen LogP contribution is 2.43. The zero-order valence-corrected chi connectivity index (χ0v) is 11.5. The Bertz CT molecular complexity index is 433. The molecular formula is C15H19NOS. The van der Waals surface area contributed by atoms with Crippen LogP contribution in [0.4, 0.5) is 0 Å². The van der Waals surface area contributed by atoms with Crippen molar-refractivity contribution >= 4 is 17.7 Å². The van der Waals surface area contributed by atoms with E-state index in [2.05, 4.69) is 12.1 Å². The molecule has 18 heavy (non-hydrogen) atoms. The summed E-state index contributed by atoms with van der Waals surface area (Å²) in [5.41, 5.74) is 0. The second kappa shape index (κ2) is 4.96. The molecule has 2 nitrogen and oxygen atoms in total. The van der Waals surface area contributed by atoms with Crippen LogP contribution in [0.5, 0.6) is 0 Å². The maximum atomic E-state index is 12.4. The Kier molecular flexibility index (Phi) is 3.33. The maximum Gasteiger partial charge on any atom is 0.236 e. The molecular weight excluding hydrogens is 242 g/mol. The van der Waals surface area contributed by atoms with Crippen molar-refractivity contribution in [2.75, 3.05) is 7.05 Å². The molecule has 0 spiro atoms. The Hall–Kier alpha value is -0.960. The van der Waals surface area contributed by atoms with Crippen LogP contribution in [0.3, 0.4) is 0 Å². The van der Waals surface area contributed by atoms with Crippen molar-refractivity contribution in [1.82, 2.24) is 4.90 Å². The van der Waals surface area contributed by atoms with Gasteiger partial charge in [0, 0.05) is 23.9 Å². The first-order chi connectivity index (χ1) is 8.77. The van der Waals surface area contributed by atoms with Gasteiger partial charge in [-0.25, -0.2) is 0 Å². The van der Waals surface area contributed by atoms with E-state index in [0.717, 1.165) is 0 Å². The Labute approximate surface area is 113 Å². The van der Waals surface area contributed by atoms with Gasteiger partial charge in [-0.1, -0.05) is 31.0 Å². The van der Waals surface area contributed by atoms with Crippen LogP contribution in [-0.2, 0) is 4.79 Å². The van der Waals surface area contributed by atoms with E-state index in [-0.39, 0.29) is 5.25 Å². The summed E-state index contributed by atoms with van der Waals surface area (Å²) in [5.74, 6) is 0.891. The summed E-state index contributed by atoms with van der Waals surface area (Å²) in [5, 5.41) is 0.141. The molecule has 96 valence electrons. The van der Waals surface area contributed by atoms with Crippen molar-refractivity contribution in [2.45, 2.75) is 41.9 Å². The molecule has 1 aliphatic carbocycles. The van der Waals surface area contributed by atoms with Crippen molar-refractivity contribution in [1.29, 1.82) is 0 Å². The number of fused-ring (bicyclic) bond motifs is 1. The first kappa shape index (κ1) is 12.1. The van der Waals surface area contributed by atoms with Gasteiger partial charge >= 0.3 is 0 Å². The summed E-state index contributed by atoms with van der Waals surface area (Å²) in [6.07, 6.45) is 4.97. The average Bonchev–Trinajstić information content (AvgIpc) is 2.66. The van der Waals surface area contributed by atoms with Crippen molar-refractivity contribution in [3.63, 3.8) is 0 Å². The van der Waals surface area contributed by atoms with E-state index in [4.69, 9.17) is 0 Å². The molecule has 1 saturated carbocycles. The second-order valence-corrected chi connectivity index (χ2v) is 6.53. The van der Waals surface area contributed by atoms with E-state index in [1.807, 2.05) is 30.1 Å². The number of carbonyl (C=O) groups excluding carboxylic acids is 1. The lowest BCUT2D eigenvalue weighted by atomic mass is 9.85. The fraction of sp³-hybridized carbons (Fsp3) is 0.533. The summed E-state index contributed by atoms with van der Waals surface area (Å²) in [4.78, 5) is 15.6. The van der Waals surface area contributed by atoms with Crippen LogP contribution in [0, 0.1) is 5.92 Å². The van der Waals surface area contributed by atoms with Gasteiger partial charge in [0.05, 0.1) is 5.25 Å². The summed E-state index contributed by atoms with van der Waals surface area (Å²) in [6.45, 7) is 0. The number of carbonyl (C=O) groups is 1. The van der Waals surface area contributed by atoms with E-state index < -0.39 is 0 Å². The molecule has 0 radical (unpaired) electrons. The lowest BCUT2D eigenvalue weighted by Gasteiger charge is -2.29. The molecule has 1 aromatic carbocycles. The highest BCUT2D eigenvalue weighted by molar-refractivity contribution is 8.00. The van der Waals surface area contributed by atoms with Crippen molar-refractivity contribution in [3.05, 3.63) is 30.3 Å². The van der Waals surface area contributed by atoms with Crippen LogP contribution >= 0.6 is 11.8 Å². The molecule has 1 heterocycles. The molecule has 2 fully saturated rings. The van der Waals surface area contributed by atoms with Gasteiger partial charge in [-0.3, -0.25) is 4.79 Å². The third kappa shape index (κ3) is 2.05. The van der Waals surface area contributed by atoms with Crippen molar-refractivity contribution in [2.24, 2.45) is 5.92 Å². The van der Waals surface area contributed by atoms with Crippen LogP contribution in [-0.4, -0.2) is 29.1 Å². The predicted octanol–water partition coefficient (Wildman–Crippen LogP) is 3.18. The van der Waals surface area contributed by atoms with Crippen LogP contribution < -0.4 is 0 Å². The van der Waals surface area contributed by atoms with Gasteiger partial charge in [-0.05, 0) is 25.0 Å². The van der Waals surface area contributed by atoms with Crippen LogP contribution in [0.25, 0.3) is 0 Å². The molecule has 1 amide bonds. The number of hydrogen-bond acceptors (Lipinski definition) is 2. The van der Waals surface area contributed by atoms with Crippen LogP contribution in [0.1, 0.15) is 25.7 Å². The van der Waals surface area contributed by atoms with E-state index in [1.165, 1.54) is 30.6 Å². The Morgan fingerprint density at radius 3 is 2.67 bits per heavy atom. The lowest BCUT2D eigenvalue weighted by Crippen LogP contribution is -2.33. The molecule has 0 unspecified atom stereocenters. The zero-order chi connectivity index (χ0) is 12.5. The number of benzene rings is 1. The minimum atomic E-state index is 0.141. The third-order valence-corrected chi connectivity index (χ3v) is 5.61. The minimum absolute atomic E-state index is 0.141. The van der Waals surface area contributed by atoms with Gasteiger partial charge in [-0.2, -0.15) is 0 Å². The monoisotopic (exact) mass is 261 g/mol. The highest BCUT2D eigenvalue weighted by Gasteiger charge is 2.47. The molecule has 2 aliphatic rings. The van der Waals surface area contributed by atoms with Crippen LogP contribution in [0.2, 0.25) is 0 Å². The number of nitrogens with zero attached hydrogens (tertiary/aromatic N) is 1. The summed E-state index contributed by atoms with van der Waals surface area (Å²) < 4.78 is 0. The minimum Gasteiger partial charge on any atom is -0.341 e. The number of hydrogen-bond donors (Lipinski definition) is 0. The fourth-order valence-electron chi connectivity index (χ4n) is 3.30. The van der Waals surface area contributed by atoms with Gasteiger partial charge < -0.3 is 4.90 Å². The molecule has 0 aromatic heterocycles. The molecule has 1 aromatic rings. The van der Waals surface area contributed by atoms with Gasteiger partial charge in [0.1, 0.15) is 0 Å². The SMILES string of the molecule is CN1C(=O)[C@@H](Sc2ccccc2)[C@@H]2CCCC[C@@H]21. The zero-order valence-electron chi connectivity index (χ0n) is 10.7. The van der Waals surface area contributed by atoms with Crippen LogP contribution in [0.15, 0.2) is 35.2 Å². The maximum absolute atomic E-state index is 12.4. The molecule has 3 atom stereocenters. The Balaban J connectivity index is 1.80. The standard InChI is InChI=1S/C15H19NOS/c1-16-13-10-6-5-9-12(13)14(15(16)17)18-11-7-3-2-4-8-11/h2-4,7-8,12-14H,5-6,9-10H2,1H3/t12-,13+,14+/m1/s1. The predicted molar refractivity (Wildman–Crippen MR) is 74.6 cm³/mol. The first-order valence-corrected chi connectivity index (χ1v) is 7.64. The van der Waals surface area contributed by atoms with Gasteiger partial charge in [0.15, 0.2) is 0 Å². The molecule has 0 N–H and O–H groups in total. The Morgan fingerprint density at radius 2 is 1.89 bits per heavy atom. The molecule has 1 saturated heterocycles. The largest absolute Gasteiger partial charge is 0.341 e. The van der Waals surface area contributed by atoms with E-state index >= 15 is 0 Å². The van der Waals surface area contributed by atoms with Crippen molar-refractivity contribution in [3.8, 4) is 0 Å². The summed E-state index contributed by atoms with van der Waals surface area (Å²) in [6, 6.07) is 10.8. The molecule has 3 heteroatoms. The fourth-order valence-corrected chi connectivity index (χ4v) is 4.67. The third-order valence-electron chi connectivity index (χ3n) is 4.27. The number of amides is 1. The number of thioether (sulfide) groups is 1. The quantitative estimate of drug-likeness (QED) is 0.815. The number of rotatable bonds is 2.